The highest BCUT2D eigenvalue weighted by Crippen LogP contribution is 2.32. The molecule has 0 atom stereocenters. The van der Waals surface area contributed by atoms with Crippen LogP contribution in [0.1, 0.15) is 20.8 Å². The first-order valence-electron chi connectivity index (χ1n) is 6.51. The van der Waals surface area contributed by atoms with Crippen LogP contribution in [0.3, 0.4) is 0 Å². The maximum atomic E-state index is 12.0. The molecule has 0 radical (unpaired) electrons. The first kappa shape index (κ1) is 13.9. The molecule has 2 aromatic carbocycles. The molecule has 0 unspecified atom stereocenters. The number of rotatable bonds is 2. The summed E-state index contributed by atoms with van der Waals surface area (Å²) in [6.07, 6.45) is 0. The van der Waals surface area contributed by atoms with E-state index < -0.39 is 11.9 Å². The first-order chi connectivity index (χ1) is 10.6. The molecule has 0 aliphatic carbocycles. The number of phenols is 1. The van der Waals surface area contributed by atoms with E-state index in [4.69, 9.17) is 9.47 Å². The van der Waals surface area contributed by atoms with Gasteiger partial charge in [0.05, 0.1) is 25.3 Å². The van der Waals surface area contributed by atoms with Crippen molar-refractivity contribution >= 4 is 33.6 Å². The zero-order valence-electron chi connectivity index (χ0n) is 12.0. The summed E-state index contributed by atoms with van der Waals surface area (Å²) >= 11 is 0. The molecule has 0 amide bonds. The van der Waals surface area contributed by atoms with E-state index in [-0.39, 0.29) is 17.0 Å². The van der Waals surface area contributed by atoms with Crippen LogP contribution >= 0.6 is 0 Å². The monoisotopic (exact) mass is 299 g/mol. The van der Waals surface area contributed by atoms with E-state index in [1.807, 2.05) is 0 Å². The zero-order chi connectivity index (χ0) is 15.9. The van der Waals surface area contributed by atoms with Crippen molar-refractivity contribution in [2.45, 2.75) is 0 Å². The largest absolute Gasteiger partial charge is 0.508 e. The molecule has 22 heavy (non-hydrogen) atoms. The molecule has 0 fully saturated rings. The summed E-state index contributed by atoms with van der Waals surface area (Å²) in [6.45, 7) is 0. The lowest BCUT2D eigenvalue weighted by molar-refractivity contribution is 0.0553. The van der Waals surface area contributed by atoms with Crippen molar-refractivity contribution in [2.24, 2.45) is 0 Å². The van der Waals surface area contributed by atoms with E-state index in [0.717, 1.165) is 5.39 Å². The van der Waals surface area contributed by atoms with Gasteiger partial charge in [0.2, 0.25) is 0 Å². The van der Waals surface area contributed by atoms with E-state index in [9.17, 15) is 14.7 Å². The number of carbonyl (C=O) groups is 2. The van der Waals surface area contributed by atoms with Crippen LogP contribution in [-0.2, 0) is 9.47 Å². The van der Waals surface area contributed by atoms with Crippen molar-refractivity contribution in [3.05, 3.63) is 41.6 Å². The molecule has 1 aromatic heterocycles. The Morgan fingerprint density at radius 1 is 1.00 bits per heavy atom. The fourth-order valence-electron chi connectivity index (χ4n) is 2.54. The number of phenolic OH excluding ortho intramolecular Hbond substituents is 1. The SMILES string of the molecule is COC(=O)c1[nH]c2c(ccc3ccc(O)cc32)c1C(=O)OC. The molecular formula is C16H13NO5. The molecule has 3 rings (SSSR count). The number of esters is 2. The minimum absolute atomic E-state index is 0.0280. The molecule has 0 aliphatic heterocycles. The predicted octanol–water partition coefficient (Wildman–Crippen LogP) is 2.60. The molecule has 0 bridgehead atoms. The molecule has 0 aliphatic rings. The van der Waals surface area contributed by atoms with Crippen LogP contribution in [0.25, 0.3) is 21.7 Å². The second-order valence-corrected chi connectivity index (χ2v) is 4.75. The lowest BCUT2D eigenvalue weighted by Crippen LogP contribution is -2.10. The van der Waals surface area contributed by atoms with Crippen molar-refractivity contribution in [3.8, 4) is 5.75 Å². The number of H-pyrrole nitrogens is 1. The van der Waals surface area contributed by atoms with Crippen molar-refractivity contribution in [1.29, 1.82) is 0 Å². The van der Waals surface area contributed by atoms with Crippen LogP contribution in [-0.4, -0.2) is 36.2 Å². The number of benzene rings is 2. The average molecular weight is 299 g/mol. The number of ether oxygens (including phenoxy) is 2. The average Bonchev–Trinajstić information content (AvgIpc) is 2.93. The molecule has 3 aromatic rings. The second kappa shape index (κ2) is 5.07. The van der Waals surface area contributed by atoms with Gasteiger partial charge in [0.15, 0.2) is 0 Å². The minimum atomic E-state index is -0.662. The topological polar surface area (TPSA) is 88.6 Å². The molecule has 0 saturated heterocycles. The van der Waals surface area contributed by atoms with E-state index >= 15 is 0 Å². The van der Waals surface area contributed by atoms with Gasteiger partial charge in [-0.05, 0) is 17.5 Å². The number of nitrogens with one attached hydrogen (secondary N) is 1. The number of aromatic amines is 1. The van der Waals surface area contributed by atoms with Gasteiger partial charge < -0.3 is 19.6 Å². The molecule has 112 valence electrons. The highest BCUT2D eigenvalue weighted by atomic mass is 16.5. The normalized spacial score (nSPS) is 10.8. The number of hydrogen-bond acceptors (Lipinski definition) is 5. The van der Waals surface area contributed by atoms with Gasteiger partial charge in [-0.1, -0.05) is 18.2 Å². The predicted molar refractivity (Wildman–Crippen MR) is 80.1 cm³/mol. The van der Waals surface area contributed by atoms with Crippen molar-refractivity contribution < 1.29 is 24.2 Å². The van der Waals surface area contributed by atoms with Crippen molar-refractivity contribution in [3.63, 3.8) is 0 Å². The van der Waals surface area contributed by atoms with Gasteiger partial charge in [-0.3, -0.25) is 0 Å². The third-order valence-corrected chi connectivity index (χ3v) is 3.55. The van der Waals surface area contributed by atoms with E-state index in [0.29, 0.717) is 16.3 Å². The number of aromatic nitrogens is 1. The summed E-state index contributed by atoms with van der Waals surface area (Å²) < 4.78 is 9.47. The maximum Gasteiger partial charge on any atom is 0.355 e. The third-order valence-electron chi connectivity index (χ3n) is 3.55. The lowest BCUT2D eigenvalue weighted by atomic mass is 10.0. The van der Waals surface area contributed by atoms with Gasteiger partial charge in [0.25, 0.3) is 0 Å². The van der Waals surface area contributed by atoms with Gasteiger partial charge in [-0.15, -0.1) is 0 Å². The highest BCUT2D eigenvalue weighted by Gasteiger charge is 2.25. The van der Waals surface area contributed by atoms with Crippen LogP contribution < -0.4 is 0 Å². The summed E-state index contributed by atoms with van der Waals surface area (Å²) in [5.41, 5.74) is 0.712. The van der Waals surface area contributed by atoms with Gasteiger partial charge in [-0.25, -0.2) is 9.59 Å². The van der Waals surface area contributed by atoms with Crippen LogP contribution in [0.2, 0.25) is 0 Å². The number of fused-ring (bicyclic) bond motifs is 3. The number of aromatic hydroxyl groups is 1. The minimum Gasteiger partial charge on any atom is -0.508 e. The Labute approximate surface area is 125 Å². The zero-order valence-corrected chi connectivity index (χ0v) is 12.0. The molecule has 2 N–H and O–H groups in total. The smallest absolute Gasteiger partial charge is 0.355 e. The first-order valence-corrected chi connectivity index (χ1v) is 6.51. The Bertz CT molecular complexity index is 910. The molecule has 0 spiro atoms. The number of carbonyl (C=O) groups excluding carboxylic acids is 2. The second-order valence-electron chi connectivity index (χ2n) is 4.75. The van der Waals surface area contributed by atoms with Crippen LogP contribution in [0.4, 0.5) is 0 Å². The van der Waals surface area contributed by atoms with E-state index in [1.54, 1.807) is 30.3 Å². The van der Waals surface area contributed by atoms with Crippen LogP contribution in [0.15, 0.2) is 30.3 Å². The summed E-state index contributed by atoms with van der Waals surface area (Å²) in [5, 5.41) is 11.8. The summed E-state index contributed by atoms with van der Waals surface area (Å²) in [6, 6.07) is 8.42. The Balaban J connectivity index is 2.44. The number of methoxy groups -OCH3 is 2. The Morgan fingerprint density at radius 2 is 1.68 bits per heavy atom. The summed E-state index contributed by atoms with van der Waals surface area (Å²) in [5.74, 6) is -1.20. The molecule has 6 heteroatoms. The highest BCUT2D eigenvalue weighted by molar-refractivity contribution is 6.18. The molecule has 0 saturated carbocycles. The van der Waals surface area contributed by atoms with Crippen molar-refractivity contribution in [1.82, 2.24) is 4.98 Å². The fourth-order valence-corrected chi connectivity index (χ4v) is 2.54. The van der Waals surface area contributed by atoms with Gasteiger partial charge in [0.1, 0.15) is 11.4 Å². The molecule has 1 heterocycles. The third kappa shape index (κ3) is 1.96. The number of hydrogen-bond donors (Lipinski definition) is 2. The Hall–Kier alpha value is -3.02. The van der Waals surface area contributed by atoms with Gasteiger partial charge >= 0.3 is 11.9 Å². The maximum absolute atomic E-state index is 12.0. The Kier molecular flexibility index (Phi) is 3.21. The lowest BCUT2D eigenvalue weighted by Gasteiger charge is -2.02. The van der Waals surface area contributed by atoms with Gasteiger partial charge in [0, 0.05) is 10.8 Å². The standard InChI is InChI=1S/C16H13NO5/c1-21-15(19)12-10-6-4-8-3-5-9(18)7-11(8)13(10)17-14(12)16(20)22-2/h3-7,17-18H,1-2H3. The fraction of sp³-hybridized carbons (Fsp3) is 0.125. The van der Waals surface area contributed by atoms with E-state index in [1.165, 1.54) is 14.2 Å². The van der Waals surface area contributed by atoms with Gasteiger partial charge in [-0.2, -0.15) is 0 Å². The molecular weight excluding hydrogens is 286 g/mol. The van der Waals surface area contributed by atoms with Crippen LogP contribution in [0.5, 0.6) is 5.75 Å². The van der Waals surface area contributed by atoms with Crippen molar-refractivity contribution in [2.75, 3.05) is 14.2 Å². The van der Waals surface area contributed by atoms with Crippen LogP contribution in [0, 0.1) is 0 Å². The van der Waals surface area contributed by atoms with E-state index in [2.05, 4.69) is 4.98 Å². The summed E-state index contributed by atoms with van der Waals surface area (Å²) in [7, 11) is 2.48. The quantitative estimate of drug-likeness (QED) is 0.710. The molecule has 6 nitrogen and oxygen atoms in total. The Morgan fingerprint density at radius 3 is 2.36 bits per heavy atom. The summed E-state index contributed by atoms with van der Waals surface area (Å²) in [4.78, 5) is 26.9.